The fourth-order valence-corrected chi connectivity index (χ4v) is 3.21. The zero-order valence-electron chi connectivity index (χ0n) is 14.6. The van der Waals surface area contributed by atoms with E-state index in [1.54, 1.807) is 6.07 Å². The number of hydrogen-bond donors (Lipinski definition) is 2. The van der Waals surface area contributed by atoms with Gasteiger partial charge in [-0.3, -0.25) is 4.79 Å². The van der Waals surface area contributed by atoms with Gasteiger partial charge in [-0.25, -0.2) is 0 Å². The maximum Gasteiger partial charge on any atom is 0.275 e. The quantitative estimate of drug-likeness (QED) is 0.790. The molecule has 7 heteroatoms. The number of quaternary nitrogens is 1. The summed E-state index contributed by atoms with van der Waals surface area (Å²) in [4.78, 5) is 13.4. The van der Waals surface area contributed by atoms with Crippen LogP contribution in [0.5, 0.6) is 11.5 Å². The van der Waals surface area contributed by atoms with Gasteiger partial charge < -0.3 is 19.7 Å². The Morgan fingerprint density at radius 1 is 1.15 bits per heavy atom. The van der Waals surface area contributed by atoms with E-state index >= 15 is 0 Å². The van der Waals surface area contributed by atoms with Crippen molar-refractivity contribution in [2.75, 3.05) is 20.4 Å². The summed E-state index contributed by atoms with van der Waals surface area (Å²) in [7, 11) is 1.97. The van der Waals surface area contributed by atoms with Gasteiger partial charge in [0.2, 0.25) is 6.79 Å². The molecule has 2 aromatic rings. The number of carbonyl (C=O) groups is 1. The van der Waals surface area contributed by atoms with Crippen molar-refractivity contribution in [2.24, 2.45) is 0 Å². The number of carbonyl (C=O) groups excluding carboxylic acids is 1. The Morgan fingerprint density at radius 2 is 1.92 bits per heavy atom. The average Bonchev–Trinajstić information content (AvgIpc) is 3.05. The number of likely N-dealkylation sites (N-methyl/N-ethyl adjacent to an activating group) is 1. The monoisotopic (exact) mass is 395 g/mol. The molecule has 2 atom stereocenters. The first-order valence-corrected chi connectivity index (χ1v) is 9.12. The van der Waals surface area contributed by atoms with Crippen molar-refractivity contribution in [2.45, 2.75) is 19.5 Å². The summed E-state index contributed by atoms with van der Waals surface area (Å²) in [5, 5.41) is 4.08. The van der Waals surface area contributed by atoms with Crippen molar-refractivity contribution in [3.63, 3.8) is 0 Å². The predicted molar refractivity (Wildman–Crippen MR) is 101 cm³/mol. The Bertz CT molecular complexity index is 813. The molecule has 0 radical (unpaired) electrons. The van der Waals surface area contributed by atoms with Gasteiger partial charge in [0.1, 0.15) is 6.54 Å². The van der Waals surface area contributed by atoms with Crippen LogP contribution < -0.4 is 19.7 Å². The van der Waals surface area contributed by atoms with Crippen LogP contribution in [0.25, 0.3) is 0 Å². The number of halogens is 2. The van der Waals surface area contributed by atoms with Crippen LogP contribution in [-0.2, 0) is 11.3 Å². The molecule has 0 fully saturated rings. The lowest BCUT2D eigenvalue weighted by Crippen LogP contribution is -3.08. The molecule has 2 aromatic carbocycles. The van der Waals surface area contributed by atoms with Gasteiger partial charge in [-0.15, -0.1) is 0 Å². The van der Waals surface area contributed by atoms with E-state index in [9.17, 15) is 4.79 Å². The smallest absolute Gasteiger partial charge is 0.275 e. The molecule has 5 nitrogen and oxygen atoms in total. The van der Waals surface area contributed by atoms with E-state index in [1.165, 1.54) is 0 Å². The summed E-state index contributed by atoms with van der Waals surface area (Å²) in [5.74, 6) is 1.43. The molecule has 3 rings (SSSR count). The Morgan fingerprint density at radius 3 is 2.69 bits per heavy atom. The Kier molecular flexibility index (Phi) is 5.91. The zero-order valence-corrected chi connectivity index (χ0v) is 16.2. The standard InChI is InChI=1S/C19H20Cl2N2O3/c1-12(14-4-6-17-18(8-14)26-11-25-17)22-19(24)10-23(2)9-13-3-5-15(20)16(21)7-13/h3-8,12H,9-11H2,1-2H3,(H,22,24)/p+1/t12-/m0/s1. The molecule has 1 amide bonds. The molecule has 0 spiro atoms. The molecule has 1 aliphatic rings. The van der Waals surface area contributed by atoms with E-state index in [0.717, 1.165) is 21.8 Å². The molecule has 2 N–H and O–H groups in total. The summed E-state index contributed by atoms with van der Waals surface area (Å²) < 4.78 is 10.7. The second kappa shape index (κ2) is 8.16. The van der Waals surface area contributed by atoms with Crippen LogP contribution in [0.3, 0.4) is 0 Å². The highest BCUT2D eigenvalue weighted by atomic mass is 35.5. The highest BCUT2D eigenvalue weighted by Gasteiger charge is 2.18. The molecular formula is C19H21Cl2N2O3+. The van der Waals surface area contributed by atoms with E-state index in [4.69, 9.17) is 32.7 Å². The number of hydrogen-bond acceptors (Lipinski definition) is 3. The molecular weight excluding hydrogens is 375 g/mol. The predicted octanol–water partition coefficient (Wildman–Crippen LogP) is 2.61. The largest absolute Gasteiger partial charge is 0.454 e. The van der Waals surface area contributed by atoms with E-state index < -0.39 is 0 Å². The van der Waals surface area contributed by atoms with Crippen molar-refractivity contribution < 1.29 is 19.2 Å². The lowest BCUT2D eigenvalue weighted by atomic mass is 10.1. The number of amides is 1. The van der Waals surface area contributed by atoms with Gasteiger partial charge in [0.25, 0.3) is 5.91 Å². The number of ether oxygens (including phenoxy) is 2. The van der Waals surface area contributed by atoms with Crippen LogP contribution >= 0.6 is 23.2 Å². The Labute approximate surface area is 162 Å². The summed E-state index contributed by atoms with van der Waals surface area (Å²) >= 11 is 12.0. The minimum Gasteiger partial charge on any atom is -0.454 e. The Hall–Kier alpha value is -1.95. The molecule has 138 valence electrons. The van der Waals surface area contributed by atoms with Gasteiger partial charge in [-0.1, -0.05) is 35.3 Å². The topological polar surface area (TPSA) is 52.0 Å². The van der Waals surface area contributed by atoms with Crippen molar-refractivity contribution in [1.82, 2.24) is 5.32 Å². The third-order valence-electron chi connectivity index (χ3n) is 4.23. The molecule has 1 heterocycles. The molecule has 1 unspecified atom stereocenters. The fourth-order valence-electron chi connectivity index (χ4n) is 2.89. The van der Waals surface area contributed by atoms with Crippen LogP contribution in [0.1, 0.15) is 24.1 Å². The van der Waals surface area contributed by atoms with Gasteiger partial charge in [0.15, 0.2) is 18.0 Å². The summed E-state index contributed by atoms with van der Waals surface area (Å²) in [6.45, 7) is 3.23. The lowest BCUT2D eigenvalue weighted by Gasteiger charge is -2.18. The van der Waals surface area contributed by atoms with Crippen LogP contribution in [0.15, 0.2) is 36.4 Å². The zero-order chi connectivity index (χ0) is 18.7. The van der Waals surface area contributed by atoms with Crippen molar-refractivity contribution in [3.8, 4) is 11.5 Å². The summed E-state index contributed by atoms with van der Waals surface area (Å²) in [6.07, 6.45) is 0. The number of nitrogens with one attached hydrogen (secondary N) is 2. The highest BCUT2D eigenvalue weighted by Crippen LogP contribution is 2.34. The van der Waals surface area contributed by atoms with E-state index in [1.807, 2.05) is 44.3 Å². The number of fused-ring (bicyclic) bond motifs is 1. The summed E-state index contributed by atoms with van der Waals surface area (Å²) in [6, 6.07) is 11.1. The molecule has 0 aromatic heterocycles. The maximum absolute atomic E-state index is 12.3. The minimum absolute atomic E-state index is 0.0206. The maximum atomic E-state index is 12.3. The fraction of sp³-hybridized carbons (Fsp3) is 0.316. The first-order chi connectivity index (χ1) is 12.4. The molecule has 0 aliphatic carbocycles. The van der Waals surface area contributed by atoms with Gasteiger partial charge in [-0.05, 0) is 36.8 Å². The minimum atomic E-state index is -0.116. The van der Waals surface area contributed by atoms with Crippen LogP contribution in [0.2, 0.25) is 10.0 Å². The third-order valence-corrected chi connectivity index (χ3v) is 4.97. The first kappa shape index (κ1) is 18.8. The van der Waals surface area contributed by atoms with Crippen molar-refractivity contribution in [3.05, 3.63) is 57.6 Å². The van der Waals surface area contributed by atoms with Crippen LogP contribution in [0, 0.1) is 0 Å². The SMILES string of the molecule is C[C@H](NC(=O)C[NH+](C)Cc1ccc(Cl)c(Cl)c1)c1ccc2c(c1)OCO2. The number of rotatable bonds is 6. The highest BCUT2D eigenvalue weighted by molar-refractivity contribution is 6.42. The van der Waals surface area contributed by atoms with Crippen LogP contribution in [0.4, 0.5) is 0 Å². The molecule has 0 bridgehead atoms. The number of benzene rings is 2. The molecule has 0 saturated carbocycles. The molecule has 26 heavy (non-hydrogen) atoms. The Balaban J connectivity index is 1.53. The van der Waals surface area contributed by atoms with Gasteiger partial charge in [0.05, 0.1) is 23.1 Å². The lowest BCUT2D eigenvalue weighted by molar-refractivity contribution is -0.885. The van der Waals surface area contributed by atoms with Gasteiger partial charge in [0, 0.05) is 5.56 Å². The molecule has 0 saturated heterocycles. The van der Waals surface area contributed by atoms with E-state index in [-0.39, 0.29) is 18.7 Å². The van der Waals surface area contributed by atoms with Gasteiger partial charge >= 0.3 is 0 Å². The average molecular weight is 396 g/mol. The first-order valence-electron chi connectivity index (χ1n) is 8.36. The van der Waals surface area contributed by atoms with Crippen molar-refractivity contribution in [1.29, 1.82) is 0 Å². The second-order valence-electron chi connectivity index (χ2n) is 6.46. The third kappa shape index (κ3) is 4.61. The second-order valence-corrected chi connectivity index (χ2v) is 7.28. The van der Waals surface area contributed by atoms with Gasteiger partial charge in [-0.2, -0.15) is 0 Å². The van der Waals surface area contributed by atoms with E-state index in [2.05, 4.69) is 5.32 Å². The van der Waals surface area contributed by atoms with Crippen LogP contribution in [-0.4, -0.2) is 26.3 Å². The molecule has 1 aliphatic heterocycles. The van der Waals surface area contributed by atoms with E-state index in [0.29, 0.717) is 28.9 Å². The normalized spacial score (nSPS) is 14.8. The summed E-state index contributed by atoms with van der Waals surface area (Å²) in [5.41, 5.74) is 2.01. The van der Waals surface area contributed by atoms with Crippen molar-refractivity contribution >= 4 is 29.1 Å².